The molecule has 1 saturated heterocycles. The van der Waals surface area contributed by atoms with Crippen molar-refractivity contribution >= 4 is 40.3 Å². The van der Waals surface area contributed by atoms with Crippen molar-refractivity contribution in [2.75, 3.05) is 4.90 Å². The summed E-state index contributed by atoms with van der Waals surface area (Å²) in [6, 6.07) is 27.9. The molecule has 1 aliphatic heterocycles. The molecule has 3 aromatic carbocycles. The Morgan fingerprint density at radius 1 is 0.893 bits per heavy atom. The van der Waals surface area contributed by atoms with Crippen LogP contribution in [0.1, 0.15) is 11.1 Å². The van der Waals surface area contributed by atoms with Gasteiger partial charge in [-0.3, -0.25) is 9.69 Å². The second kappa shape index (κ2) is 8.71. The van der Waals surface area contributed by atoms with Crippen molar-refractivity contribution in [2.24, 2.45) is 0 Å². The van der Waals surface area contributed by atoms with Gasteiger partial charge < -0.3 is 4.74 Å². The average molecular weight is 481 g/mol. The number of anilines is 1. The Hall–Kier alpha value is -2.44. The van der Waals surface area contributed by atoms with Gasteiger partial charge in [-0.05, 0) is 45.9 Å². The summed E-state index contributed by atoms with van der Waals surface area (Å²) < 4.78 is 7.07. The Morgan fingerprint density at radius 3 is 2.25 bits per heavy atom. The summed E-state index contributed by atoms with van der Waals surface area (Å²) >= 11 is 2.27. The smallest absolute Gasteiger partial charge is 0.259 e. The maximum absolute atomic E-state index is 12.9. The lowest BCUT2D eigenvalue weighted by Crippen LogP contribution is -2.65. The topological polar surface area (TPSA) is 29.5 Å². The van der Waals surface area contributed by atoms with Gasteiger partial charge in [-0.1, -0.05) is 84.9 Å². The number of hydrogen-bond donors (Lipinski definition) is 0. The predicted molar refractivity (Wildman–Crippen MR) is 121 cm³/mol. The number of hydrogen-bond acceptors (Lipinski definition) is 2. The largest absolute Gasteiger partial charge is 0.361 e. The molecular formula is C24H20INO2. The quantitative estimate of drug-likeness (QED) is 0.353. The van der Waals surface area contributed by atoms with Crippen LogP contribution in [0.5, 0.6) is 0 Å². The molecule has 0 N–H and O–H groups in total. The van der Waals surface area contributed by atoms with Gasteiger partial charge in [0.2, 0.25) is 0 Å². The summed E-state index contributed by atoms with van der Waals surface area (Å²) in [7, 11) is 0. The van der Waals surface area contributed by atoms with E-state index in [1.807, 2.05) is 89.8 Å². The first-order valence-corrected chi connectivity index (χ1v) is 10.3. The van der Waals surface area contributed by atoms with E-state index in [-0.39, 0.29) is 11.9 Å². The molecule has 4 rings (SSSR count). The lowest BCUT2D eigenvalue weighted by atomic mass is 9.95. The molecular weight excluding hydrogens is 461 g/mol. The fraction of sp³-hybridized carbons (Fsp3) is 0.125. The van der Waals surface area contributed by atoms with E-state index in [2.05, 4.69) is 34.7 Å². The van der Waals surface area contributed by atoms with Gasteiger partial charge in [0.15, 0.2) is 6.10 Å². The van der Waals surface area contributed by atoms with Crippen LogP contribution in [0.3, 0.4) is 0 Å². The SMILES string of the molecule is O=C1[C@@H](OCc2ccccc2)[C@@H](/C=C/c2ccccc2)N1c1ccccc1I. The van der Waals surface area contributed by atoms with Gasteiger partial charge in [0.05, 0.1) is 18.3 Å². The molecule has 0 spiro atoms. The first-order valence-electron chi connectivity index (χ1n) is 9.20. The molecule has 0 radical (unpaired) electrons. The normalized spacial score (nSPS) is 19.0. The Labute approximate surface area is 178 Å². The van der Waals surface area contributed by atoms with E-state index < -0.39 is 6.10 Å². The van der Waals surface area contributed by atoms with Gasteiger partial charge in [-0.15, -0.1) is 0 Å². The summed E-state index contributed by atoms with van der Waals surface area (Å²) in [6.45, 7) is 0.423. The zero-order valence-electron chi connectivity index (χ0n) is 15.2. The third kappa shape index (κ3) is 4.03. The maximum Gasteiger partial charge on any atom is 0.259 e. The van der Waals surface area contributed by atoms with Gasteiger partial charge in [-0.25, -0.2) is 0 Å². The third-order valence-corrected chi connectivity index (χ3v) is 5.67. The van der Waals surface area contributed by atoms with Crippen LogP contribution in [0.2, 0.25) is 0 Å². The van der Waals surface area contributed by atoms with Crippen LogP contribution < -0.4 is 4.90 Å². The van der Waals surface area contributed by atoms with Crippen LogP contribution in [-0.2, 0) is 16.1 Å². The molecule has 1 aliphatic rings. The number of carbonyl (C=O) groups excluding carboxylic acids is 1. The van der Waals surface area contributed by atoms with Crippen molar-refractivity contribution < 1.29 is 9.53 Å². The van der Waals surface area contributed by atoms with Gasteiger partial charge >= 0.3 is 0 Å². The maximum atomic E-state index is 12.9. The molecule has 4 heteroatoms. The highest BCUT2D eigenvalue weighted by molar-refractivity contribution is 14.1. The van der Waals surface area contributed by atoms with E-state index in [9.17, 15) is 4.79 Å². The lowest BCUT2D eigenvalue weighted by Gasteiger charge is -2.45. The van der Waals surface area contributed by atoms with Crippen LogP contribution in [0.4, 0.5) is 5.69 Å². The van der Waals surface area contributed by atoms with Crippen molar-refractivity contribution in [1.29, 1.82) is 0 Å². The molecule has 1 fully saturated rings. The van der Waals surface area contributed by atoms with Crippen LogP contribution in [0, 0.1) is 3.57 Å². The molecule has 0 bridgehead atoms. The van der Waals surface area contributed by atoms with E-state index >= 15 is 0 Å². The average Bonchev–Trinajstić information content (AvgIpc) is 2.74. The number of para-hydroxylation sites is 1. The molecule has 0 unspecified atom stereocenters. The number of amides is 1. The number of nitrogens with zero attached hydrogens (tertiary/aromatic N) is 1. The summed E-state index contributed by atoms with van der Waals surface area (Å²) in [4.78, 5) is 14.8. The van der Waals surface area contributed by atoms with E-state index in [1.165, 1.54) is 0 Å². The van der Waals surface area contributed by atoms with Crippen molar-refractivity contribution in [1.82, 2.24) is 0 Å². The minimum absolute atomic E-state index is 0.00255. The van der Waals surface area contributed by atoms with Crippen LogP contribution in [0.25, 0.3) is 6.08 Å². The van der Waals surface area contributed by atoms with Gasteiger partial charge in [0.1, 0.15) is 0 Å². The van der Waals surface area contributed by atoms with E-state index in [1.54, 1.807) is 0 Å². The summed E-state index contributed by atoms with van der Waals surface area (Å²) in [5.74, 6) is 0.00255. The highest BCUT2D eigenvalue weighted by Gasteiger charge is 2.48. The molecule has 0 aliphatic carbocycles. The molecule has 0 saturated carbocycles. The Morgan fingerprint density at radius 2 is 1.54 bits per heavy atom. The van der Waals surface area contributed by atoms with Crippen LogP contribution in [0.15, 0.2) is 91.0 Å². The molecule has 1 amide bonds. The Bertz CT molecular complexity index is 972. The number of rotatable bonds is 6. The zero-order valence-corrected chi connectivity index (χ0v) is 17.4. The standard InChI is InChI=1S/C24H20INO2/c25-20-13-7-8-14-21(20)26-22(16-15-18-9-3-1-4-10-18)23(24(26)27)28-17-19-11-5-2-6-12-19/h1-16,22-23H,17H2/b16-15+/t22-,23+/m1/s1. The zero-order chi connectivity index (χ0) is 19.3. The van der Waals surface area contributed by atoms with E-state index in [4.69, 9.17) is 4.74 Å². The second-order valence-electron chi connectivity index (χ2n) is 6.64. The van der Waals surface area contributed by atoms with Gasteiger partial charge in [0, 0.05) is 3.57 Å². The number of ether oxygens (including phenoxy) is 1. The minimum Gasteiger partial charge on any atom is -0.361 e. The van der Waals surface area contributed by atoms with E-state index in [0.717, 1.165) is 20.4 Å². The fourth-order valence-electron chi connectivity index (χ4n) is 3.30. The number of β-lactam (4-membered cyclic amide) rings is 1. The van der Waals surface area contributed by atoms with Gasteiger partial charge in [-0.2, -0.15) is 0 Å². The molecule has 140 valence electrons. The van der Waals surface area contributed by atoms with E-state index in [0.29, 0.717) is 6.61 Å². The molecule has 2 atom stereocenters. The van der Waals surface area contributed by atoms with Crippen molar-refractivity contribution in [2.45, 2.75) is 18.8 Å². The first kappa shape index (κ1) is 18.9. The fourth-order valence-corrected chi connectivity index (χ4v) is 3.95. The van der Waals surface area contributed by atoms with Crippen molar-refractivity contribution in [3.63, 3.8) is 0 Å². The molecule has 1 heterocycles. The summed E-state index contributed by atoms with van der Waals surface area (Å²) in [5.41, 5.74) is 3.09. The molecule has 3 aromatic rings. The Balaban J connectivity index is 1.57. The number of halogens is 1. The molecule has 28 heavy (non-hydrogen) atoms. The number of benzene rings is 3. The first-order chi connectivity index (χ1) is 13.7. The summed E-state index contributed by atoms with van der Waals surface area (Å²) in [6.07, 6.45) is 3.64. The highest BCUT2D eigenvalue weighted by atomic mass is 127. The monoisotopic (exact) mass is 481 g/mol. The second-order valence-corrected chi connectivity index (χ2v) is 7.80. The molecule has 3 nitrogen and oxygen atoms in total. The minimum atomic E-state index is -0.476. The summed E-state index contributed by atoms with van der Waals surface area (Å²) in [5, 5.41) is 0. The van der Waals surface area contributed by atoms with Crippen molar-refractivity contribution in [3.8, 4) is 0 Å². The van der Waals surface area contributed by atoms with Gasteiger partial charge in [0.25, 0.3) is 5.91 Å². The van der Waals surface area contributed by atoms with Crippen molar-refractivity contribution in [3.05, 3.63) is 106 Å². The van der Waals surface area contributed by atoms with Crippen LogP contribution >= 0.6 is 22.6 Å². The lowest BCUT2D eigenvalue weighted by molar-refractivity contribution is -0.141. The molecule has 0 aromatic heterocycles. The van der Waals surface area contributed by atoms with Crippen LogP contribution in [-0.4, -0.2) is 18.1 Å². The number of carbonyl (C=O) groups is 1. The Kier molecular flexibility index (Phi) is 5.88. The predicted octanol–water partition coefficient (Wildman–Crippen LogP) is 5.31. The highest BCUT2D eigenvalue weighted by Crippen LogP contribution is 2.34. The third-order valence-electron chi connectivity index (χ3n) is 4.76.